The monoisotopic (exact) mass is 369 g/mol. The Balaban J connectivity index is 2.22. The van der Waals surface area contributed by atoms with Crippen molar-refractivity contribution in [3.8, 4) is 0 Å². The molecule has 1 aromatic heterocycles. The number of halogens is 2. The van der Waals surface area contributed by atoms with Gasteiger partial charge in [-0.1, -0.05) is 15.9 Å². The van der Waals surface area contributed by atoms with Crippen LogP contribution in [0, 0.1) is 0 Å². The van der Waals surface area contributed by atoms with E-state index in [0.717, 1.165) is 21.3 Å². The largest absolute Gasteiger partial charge is 0.305 e. The Morgan fingerprint density at radius 3 is 2.57 bits per heavy atom. The lowest BCUT2D eigenvalue weighted by Crippen LogP contribution is -2.51. The number of nitrogens with zero attached hydrogens (tertiary/aromatic N) is 3. The molecule has 1 saturated heterocycles. The summed E-state index contributed by atoms with van der Waals surface area (Å²) in [6.45, 7) is 6.58. The molecule has 1 aromatic carbocycles. The molecule has 0 aliphatic carbocycles. The summed E-state index contributed by atoms with van der Waals surface area (Å²) in [5.41, 5.74) is 2.14. The van der Waals surface area contributed by atoms with Crippen LogP contribution in [-0.4, -0.2) is 21.7 Å². The van der Waals surface area contributed by atoms with Gasteiger partial charge in [-0.3, -0.25) is 0 Å². The van der Waals surface area contributed by atoms with E-state index in [2.05, 4.69) is 51.6 Å². The molecule has 0 amide bonds. The summed E-state index contributed by atoms with van der Waals surface area (Å²) in [5, 5.41) is 2.34. The van der Waals surface area contributed by atoms with Crippen LogP contribution in [-0.2, 0) is 0 Å². The fourth-order valence-electron chi connectivity index (χ4n) is 3.36. The molecule has 114 valence electrons. The molecule has 0 radical (unpaired) electrons. The Labute approximate surface area is 139 Å². The van der Waals surface area contributed by atoms with Gasteiger partial charge in [0.15, 0.2) is 0 Å². The summed E-state index contributed by atoms with van der Waals surface area (Å²) in [5.74, 6) is 0.936. The highest BCUT2D eigenvalue weighted by Crippen LogP contribution is 2.31. The van der Waals surface area contributed by atoms with Crippen molar-refractivity contribution in [3.63, 3.8) is 0 Å². The minimum Gasteiger partial charge on any atom is -0.305 e. The summed E-state index contributed by atoms with van der Waals surface area (Å²) < 4.78 is 3.33. The summed E-state index contributed by atoms with van der Waals surface area (Å²) >= 11 is 9.99. The van der Waals surface area contributed by atoms with Crippen LogP contribution in [0.25, 0.3) is 11.0 Å². The highest BCUT2D eigenvalue weighted by atomic mass is 79.9. The predicted molar refractivity (Wildman–Crippen MR) is 92.7 cm³/mol. The summed E-state index contributed by atoms with van der Waals surface area (Å²) in [6, 6.07) is 7.22. The molecule has 0 N–H and O–H groups in total. The van der Waals surface area contributed by atoms with E-state index in [1.165, 1.54) is 19.3 Å². The molecule has 2 heterocycles. The number of hydrogen-bond acceptors (Lipinski definition) is 2. The fourth-order valence-corrected chi connectivity index (χ4v) is 3.85. The zero-order valence-electron chi connectivity index (χ0n) is 12.7. The average Bonchev–Trinajstić information content (AvgIpc) is 2.78. The molecule has 1 fully saturated rings. The minimum absolute atomic E-state index is 0.113. The second kappa shape index (κ2) is 5.81. The van der Waals surface area contributed by atoms with E-state index >= 15 is 0 Å². The molecule has 0 bridgehead atoms. The molecule has 5 heteroatoms. The minimum atomic E-state index is -0.113. The number of hydrogen-bond donors (Lipinski definition) is 0. The van der Waals surface area contributed by atoms with Gasteiger partial charge in [-0.25, -0.2) is 9.66 Å². The first-order chi connectivity index (χ1) is 9.99. The Morgan fingerprint density at radius 1 is 1.29 bits per heavy atom. The van der Waals surface area contributed by atoms with Crippen LogP contribution >= 0.6 is 27.5 Å². The molecular weight excluding hydrogens is 350 g/mol. The van der Waals surface area contributed by atoms with E-state index in [1.807, 2.05) is 13.0 Å². The van der Waals surface area contributed by atoms with Crippen LogP contribution in [0.3, 0.4) is 0 Å². The topological polar surface area (TPSA) is 21.1 Å². The van der Waals surface area contributed by atoms with Gasteiger partial charge in [0.05, 0.1) is 16.4 Å². The number of aromatic nitrogens is 2. The molecule has 1 aliphatic rings. The first-order valence-electron chi connectivity index (χ1n) is 7.59. The van der Waals surface area contributed by atoms with Crippen molar-refractivity contribution in [3.05, 3.63) is 28.5 Å². The van der Waals surface area contributed by atoms with Crippen molar-refractivity contribution >= 4 is 38.6 Å². The average molecular weight is 371 g/mol. The van der Waals surface area contributed by atoms with E-state index in [-0.39, 0.29) is 5.38 Å². The molecule has 3 rings (SSSR count). The van der Waals surface area contributed by atoms with Crippen LogP contribution in [0.15, 0.2) is 22.7 Å². The highest BCUT2D eigenvalue weighted by molar-refractivity contribution is 9.10. The third-order valence-corrected chi connectivity index (χ3v) is 5.04. The number of alkyl halides is 1. The van der Waals surface area contributed by atoms with E-state index < -0.39 is 0 Å². The Bertz CT molecular complexity index is 642. The molecule has 0 saturated carbocycles. The van der Waals surface area contributed by atoms with Gasteiger partial charge < -0.3 is 5.01 Å². The third kappa shape index (κ3) is 2.68. The van der Waals surface area contributed by atoms with E-state index in [0.29, 0.717) is 12.1 Å². The van der Waals surface area contributed by atoms with Gasteiger partial charge in [0.25, 0.3) is 0 Å². The molecule has 3 atom stereocenters. The SMILES string of the molecule is CC(Cl)c1nc2ccc(Br)cc2n1N1C(C)CCCC1C. The third-order valence-electron chi connectivity index (χ3n) is 4.35. The van der Waals surface area contributed by atoms with Crippen molar-refractivity contribution in [1.29, 1.82) is 0 Å². The van der Waals surface area contributed by atoms with Gasteiger partial charge >= 0.3 is 0 Å². The smallest absolute Gasteiger partial charge is 0.146 e. The van der Waals surface area contributed by atoms with Crippen molar-refractivity contribution in [2.75, 3.05) is 5.01 Å². The molecule has 1 aliphatic heterocycles. The van der Waals surface area contributed by atoms with Crippen molar-refractivity contribution in [1.82, 2.24) is 9.66 Å². The summed E-state index contributed by atoms with van der Waals surface area (Å²) in [7, 11) is 0. The zero-order chi connectivity index (χ0) is 15.1. The molecule has 3 nitrogen and oxygen atoms in total. The lowest BCUT2D eigenvalue weighted by molar-refractivity contribution is 0.335. The number of rotatable bonds is 2. The Morgan fingerprint density at radius 2 is 1.95 bits per heavy atom. The first kappa shape index (κ1) is 15.2. The van der Waals surface area contributed by atoms with Crippen molar-refractivity contribution < 1.29 is 0 Å². The first-order valence-corrected chi connectivity index (χ1v) is 8.82. The molecule has 3 unspecified atom stereocenters. The second-order valence-electron chi connectivity index (χ2n) is 6.04. The fraction of sp³-hybridized carbons (Fsp3) is 0.562. The molecule has 0 spiro atoms. The molecule has 21 heavy (non-hydrogen) atoms. The van der Waals surface area contributed by atoms with Gasteiger partial charge in [0.1, 0.15) is 5.82 Å². The van der Waals surface area contributed by atoms with Crippen molar-refractivity contribution in [2.24, 2.45) is 0 Å². The van der Waals surface area contributed by atoms with E-state index in [9.17, 15) is 0 Å². The van der Waals surface area contributed by atoms with Crippen LogP contribution in [0.5, 0.6) is 0 Å². The lowest BCUT2D eigenvalue weighted by Gasteiger charge is -2.42. The van der Waals surface area contributed by atoms with Crippen LogP contribution < -0.4 is 5.01 Å². The van der Waals surface area contributed by atoms with Gasteiger partial charge in [-0.05, 0) is 58.2 Å². The van der Waals surface area contributed by atoms with Crippen LogP contribution in [0.4, 0.5) is 0 Å². The molecular formula is C16H21BrClN3. The second-order valence-corrected chi connectivity index (χ2v) is 7.61. The van der Waals surface area contributed by atoms with Gasteiger partial charge in [-0.15, -0.1) is 11.6 Å². The number of imidazole rings is 1. The van der Waals surface area contributed by atoms with Gasteiger partial charge in [0, 0.05) is 16.6 Å². The van der Waals surface area contributed by atoms with E-state index in [4.69, 9.17) is 16.6 Å². The Hall–Kier alpha value is -0.740. The molecule has 2 aromatic rings. The highest BCUT2D eigenvalue weighted by Gasteiger charge is 2.29. The summed E-state index contributed by atoms with van der Waals surface area (Å²) in [4.78, 5) is 4.77. The lowest BCUT2D eigenvalue weighted by atomic mass is 10.00. The van der Waals surface area contributed by atoms with E-state index in [1.54, 1.807) is 0 Å². The zero-order valence-corrected chi connectivity index (χ0v) is 15.0. The maximum atomic E-state index is 6.41. The Kier molecular flexibility index (Phi) is 4.19. The quantitative estimate of drug-likeness (QED) is 0.694. The number of fused-ring (bicyclic) bond motifs is 1. The van der Waals surface area contributed by atoms with Crippen LogP contribution in [0.1, 0.15) is 51.2 Å². The van der Waals surface area contributed by atoms with Crippen LogP contribution in [0.2, 0.25) is 0 Å². The number of piperidine rings is 1. The predicted octanol–water partition coefficient (Wildman–Crippen LogP) is 5.00. The van der Waals surface area contributed by atoms with Gasteiger partial charge in [-0.2, -0.15) is 0 Å². The standard InChI is InChI=1S/C16H21BrClN3/c1-10-5-4-6-11(2)20(10)21-15-9-13(17)7-8-14(15)19-16(21)12(3)18/h7-12H,4-6H2,1-3H3. The normalized spacial score (nSPS) is 24.5. The van der Waals surface area contributed by atoms with Gasteiger partial charge in [0.2, 0.25) is 0 Å². The maximum absolute atomic E-state index is 6.41. The maximum Gasteiger partial charge on any atom is 0.146 e. The van der Waals surface area contributed by atoms with Crippen molar-refractivity contribution in [2.45, 2.75) is 57.5 Å². The summed E-state index contributed by atoms with van der Waals surface area (Å²) in [6.07, 6.45) is 3.73. The number of benzene rings is 1.